The van der Waals surface area contributed by atoms with Gasteiger partial charge in [0.15, 0.2) is 0 Å². The number of carbonyl (C=O) groups is 1. The third-order valence-corrected chi connectivity index (χ3v) is 3.72. The van der Waals surface area contributed by atoms with Gasteiger partial charge in [0, 0.05) is 51.0 Å². The van der Waals surface area contributed by atoms with Gasteiger partial charge in [-0.15, -0.1) is 0 Å². The summed E-state index contributed by atoms with van der Waals surface area (Å²) in [4.78, 5) is 18.0. The van der Waals surface area contributed by atoms with Crippen LogP contribution in [0.5, 0.6) is 0 Å². The number of hydrogen-bond acceptors (Lipinski definition) is 3. The molecular formula is C13H21N3O. The molecule has 2 rings (SSSR count). The number of piperazine rings is 1. The first-order chi connectivity index (χ1) is 8.11. The first-order valence-corrected chi connectivity index (χ1v) is 6.17. The fourth-order valence-corrected chi connectivity index (χ4v) is 2.46. The lowest BCUT2D eigenvalue weighted by Crippen LogP contribution is -2.63. The minimum atomic E-state index is 0.0572. The zero-order valence-electron chi connectivity index (χ0n) is 10.6. The van der Waals surface area contributed by atoms with Gasteiger partial charge in [-0.1, -0.05) is 13.2 Å². The van der Waals surface area contributed by atoms with Gasteiger partial charge in [0.05, 0.1) is 0 Å². The molecule has 0 bridgehead atoms. The summed E-state index contributed by atoms with van der Waals surface area (Å²) >= 11 is 0. The van der Waals surface area contributed by atoms with Crippen LogP contribution in [0.3, 0.4) is 0 Å². The zero-order chi connectivity index (χ0) is 12.4. The Morgan fingerprint density at radius 1 is 1.18 bits per heavy atom. The first-order valence-electron chi connectivity index (χ1n) is 6.17. The standard InChI is InChI=1S/C13H21N3O/c1-4-13(17)16-9-12(10-16)15-7-5-14(6-8-15)11(2)3/h4,12H,1-2,5-10H2,3H3. The Hall–Kier alpha value is -1.29. The Kier molecular flexibility index (Phi) is 3.52. The van der Waals surface area contributed by atoms with Crippen molar-refractivity contribution in [3.05, 3.63) is 24.9 Å². The van der Waals surface area contributed by atoms with Gasteiger partial charge in [-0.25, -0.2) is 0 Å². The molecule has 1 amide bonds. The average Bonchev–Trinajstić information content (AvgIpc) is 2.27. The zero-order valence-corrected chi connectivity index (χ0v) is 10.6. The number of nitrogens with zero attached hydrogens (tertiary/aromatic N) is 3. The third-order valence-electron chi connectivity index (χ3n) is 3.72. The molecule has 0 spiro atoms. The topological polar surface area (TPSA) is 26.8 Å². The van der Waals surface area contributed by atoms with Crippen molar-refractivity contribution in [2.24, 2.45) is 0 Å². The van der Waals surface area contributed by atoms with Gasteiger partial charge in [0.25, 0.3) is 0 Å². The van der Waals surface area contributed by atoms with Crippen LogP contribution in [0.4, 0.5) is 0 Å². The number of allylic oxidation sites excluding steroid dienone is 1. The van der Waals surface area contributed by atoms with Crippen molar-refractivity contribution < 1.29 is 4.79 Å². The summed E-state index contributed by atoms with van der Waals surface area (Å²) < 4.78 is 0. The van der Waals surface area contributed by atoms with E-state index in [1.807, 2.05) is 4.90 Å². The number of rotatable bonds is 3. The predicted molar refractivity (Wildman–Crippen MR) is 68.5 cm³/mol. The van der Waals surface area contributed by atoms with Crippen LogP contribution < -0.4 is 0 Å². The van der Waals surface area contributed by atoms with E-state index in [9.17, 15) is 4.79 Å². The second-order valence-corrected chi connectivity index (χ2v) is 4.86. The summed E-state index contributed by atoms with van der Waals surface area (Å²) in [5.41, 5.74) is 1.15. The largest absolute Gasteiger partial charge is 0.373 e. The van der Waals surface area contributed by atoms with Crippen LogP contribution in [0.25, 0.3) is 0 Å². The van der Waals surface area contributed by atoms with Crippen LogP contribution in [-0.4, -0.2) is 65.9 Å². The summed E-state index contributed by atoms with van der Waals surface area (Å²) in [6.45, 7) is 15.5. The smallest absolute Gasteiger partial charge is 0.246 e. The van der Waals surface area contributed by atoms with E-state index in [-0.39, 0.29) is 5.91 Å². The molecule has 0 unspecified atom stereocenters. The van der Waals surface area contributed by atoms with Crippen molar-refractivity contribution in [2.75, 3.05) is 39.3 Å². The molecule has 94 valence electrons. The Balaban J connectivity index is 1.75. The first kappa shape index (κ1) is 12.2. The van der Waals surface area contributed by atoms with Crippen molar-refractivity contribution >= 4 is 5.91 Å². The van der Waals surface area contributed by atoms with Crippen LogP contribution in [0, 0.1) is 0 Å². The molecule has 2 aliphatic rings. The second-order valence-electron chi connectivity index (χ2n) is 4.86. The molecule has 0 N–H and O–H groups in total. The molecule has 4 nitrogen and oxygen atoms in total. The van der Waals surface area contributed by atoms with E-state index in [4.69, 9.17) is 0 Å². The molecule has 0 atom stereocenters. The molecule has 0 aromatic heterocycles. The molecule has 0 aromatic carbocycles. The van der Waals surface area contributed by atoms with E-state index in [0.29, 0.717) is 6.04 Å². The van der Waals surface area contributed by atoms with Crippen LogP contribution in [0.1, 0.15) is 6.92 Å². The van der Waals surface area contributed by atoms with E-state index in [1.165, 1.54) is 6.08 Å². The van der Waals surface area contributed by atoms with Crippen LogP contribution >= 0.6 is 0 Å². The minimum absolute atomic E-state index is 0.0572. The second kappa shape index (κ2) is 4.92. The SMILES string of the molecule is C=CC(=O)N1CC(N2CCN(C(=C)C)CC2)C1. The normalized spacial score (nSPS) is 22.2. The summed E-state index contributed by atoms with van der Waals surface area (Å²) in [6, 6.07) is 0.547. The molecule has 2 fully saturated rings. The van der Waals surface area contributed by atoms with E-state index >= 15 is 0 Å². The third kappa shape index (κ3) is 2.52. The maximum atomic E-state index is 11.3. The highest BCUT2D eigenvalue weighted by Crippen LogP contribution is 2.18. The quantitative estimate of drug-likeness (QED) is 0.668. The summed E-state index contributed by atoms with van der Waals surface area (Å²) in [7, 11) is 0. The summed E-state index contributed by atoms with van der Waals surface area (Å²) in [6.07, 6.45) is 1.40. The van der Waals surface area contributed by atoms with Gasteiger partial charge in [-0.3, -0.25) is 9.69 Å². The van der Waals surface area contributed by atoms with Crippen molar-refractivity contribution in [1.82, 2.24) is 14.7 Å². The van der Waals surface area contributed by atoms with Crippen molar-refractivity contribution in [2.45, 2.75) is 13.0 Å². The lowest BCUT2D eigenvalue weighted by molar-refractivity contribution is -0.133. The van der Waals surface area contributed by atoms with Gasteiger partial charge in [0.1, 0.15) is 0 Å². The lowest BCUT2D eigenvalue weighted by Gasteiger charge is -2.48. The fraction of sp³-hybridized carbons (Fsp3) is 0.615. The van der Waals surface area contributed by atoms with Crippen molar-refractivity contribution in [3.8, 4) is 0 Å². The number of likely N-dealkylation sites (tertiary alicyclic amines) is 1. The maximum Gasteiger partial charge on any atom is 0.246 e. The molecule has 0 aliphatic carbocycles. The van der Waals surface area contributed by atoms with Crippen molar-refractivity contribution in [1.29, 1.82) is 0 Å². The Morgan fingerprint density at radius 2 is 1.76 bits per heavy atom. The van der Waals surface area contributed by atoms with E-state index in [0.717, 1.165) is 45.0 Å². The number of amides is 1. The monoisotopic (exact) mass is 235 g/mol. The van der Waals surface area contributed by atoms with Crippen LogP contribution in [0.15, 0.2) is 24.9 Å². The molecule has 17 heavy (non-hydrogen) atoms. The average molecular weight is 235 g/mol. The molecule has 2 heterocycles. The molecular weight excluding hydrogens is 214 g/mol. The number of hydrogen-bond donors (Lipinski definition) is 0. The minimum Gasteiger partial charge on any atom is -0.373 e. The molecule has 2 saturated heterocycles. The maximum absolute atomic E-state index is 11.3. The highest BCUT2D eigenvalue weighted by Gasteiger charge is 2.34. The Bertz CT molecular complexity index is 326. The van der Waals surface area contributed by atoms with E-state index in [2.05, 4.69) is 29.9 Å². The van der Waals surface area contributed by atoms with Gasteiger partial charge < -0.3 is 9.80 Å². The highest BCUT2D eigenvalue weighted by molar-refractivity contribution is 5.87. The van der Waals surface area contributed by atoms with Gasteiger partial charge in [0.2, 0.25) is 5.91 Å². The highest BCUT2D eigenvalue weighted by atomic mass is 16.2. The molecule has 2 aliphatic heterocycles. The van der Waals surface area contributed by atoms with Crippen LogP contribution in [-0.2, 0) is 4.79 Å². The molecule has 0 aromatic rings. The van der Waals surface area contributed by atoms with Crippen molar-refractivity contribution in [3.63, 3.8) is 0 Å². The summed E-state index contributed by atoms with van der Waals surface area (Å²) in [5, 5.41) is 0. The van der Waals surface area contributed by atoms with Gasteiger partial charge >= 0.3 is 0 Å². The summed E-state index contributed by atoms with van der Waals surface area (Å²) in [5.74, 6) is 0.0572. The Labute approximate surface area is 103 Å². The number of carbonyl (C=O) groups excluding carboxylic acids is 1. The Morgan fingerprint density at radius 3 is 2.24 bits per heavy atom. The van der Waals surface area contributed by atoms with Gasteiger partial charge in [-0.05, 0) is 13.0 Å². The molecule has 4 heteroatoms. The van der Waals surface area contributed by atoms with Crippen LogP contribution in [0.2, 0.25) is 0 Å². The van der Waals surface area contributed by atoms with E-state index < -0.39 is 0 Å². The van der Waals surface area contributed by atoms with E-state index in [1.54, 1.807) is 0 Å². The molecule has 0 saturated carbocycles. The van der Waals surface area contributed by atoms with Gasteiger partial charge in [-0.2, -0.15) is 0 Å². The fourth-order valence-electron chi connectivity index (χ4n) is 2.46. The lowest BCUT2D eigenvalue weighted by atomic mass is 10.1. The predicted octanol–water partition coefficient (Wildman–Crippen LogP) is 0.534. The molecule has 0 radical (unpaired) electrons.